The fourth-order valence-corrected chi connectivity index (χ4v) is 3.75. The van der Waals surface area contributed by atoms with E-state index in [1.165, 1.54) is 7.11 Å². The summed E-state index contributed by atoms with van der Waals surface area (Å²) >= 11 is 0. The molecule has 9 heteroatoms. The topological polar surface area (TPSA) is 114 Å². The highest BCUT2D eigenvalue weighted by Crippen LogP contribution is 2.25. The Bertz CT molecular complexity index is 820. The third kappa shape index (κ3) is 10.1. The largest absolute Gasteiger partial charge is 0.465 e. The number of amides is 3. The molecule has 0 bridgehead atoms. The van der Waals surface area contributed by atoms with E-state index in [0.717, 1.165) is 19.3 Å². The van der Waals surface area contributed by atoms with Crippen LogP contribution in [0.25, 0.3) is 0 Å². The van der Waals surface area contributed by atoms with E-state index < -0.39 is 35.2 Å². The molecule has 0 saturated carbocycles. The summed E-state index contributed by atoms with van der Waals surface area (Å²) in [6, 6.07) is -1.51. The molecule has 0 aromatic rings. The first-order valence-electron chi connectivity index (χ1n) is 12.2. The van der Waals surface area contributed by atoms with Crippen LogP contribution in [-0.2, 0) is 23.9 Å². The maximum Gasteiger partial charge on any atom is 0.408 e. The normalized spacial score (nSPS) is 18.5. The van der Waals surface area contributed by atoms with Gasteiger partial charge in [-0.25, -0.2) is 9.59 Å². The first-order chi connectivity index (χ1) is 16.2. The zero-order chi connectivity index (χ0) is 26.8. The first-order valence-corrected chi connectivity index (χ1v) is 12.2. The predicted molar refractivity (Wildman–Crippen MR) is 135 cm³/mol. The summed E-state index contributed by atoms with van der Waals surface area (Å²) in [6.07, 6.45) is 7.25. The highest BCUT2D eigenvalue weighted by molar-refractivity contribution is 5.92. The Balaban J connectivity index is 3.00. The quantitative estimate of drug-likeness (QED) is 0.319. The van der Waals surface area contributed by atoms with Gasteiger partial charge in [0.2, 0.25) is 11.8 Å². The van der Waals surface area contributed by atoms with E-state index in [4.69, 9.17) is 9.47 Å². The molecule has 1 saturated heterocycles. The number of allylic oxidation sites excluding steroid dienone is 1. The Morgan fingerprint density at radius 2 is 1.71 bits per heavy atom. The summed E-state index contributed by atoms with van der Waals surface area (Å²) in [5.74, 6) is -1.03. The second-order valence-corrected chi connectivity index (χ2v) is 10.7. The number of likely N-dealkylation sites (tertiary alicyclic amines) is 1. The van der Waals surface area contributed by atoms with Gasteiger partial charge in [0.05, 0.1) is 12.7 Å². The van der Waals surface area contributed by atoms with Crippen LogP contribution in [0.3, 0.4) is 0 Å². The van der Waals surface area contributed by atoms with E-state index in [2.05, 4.69) is 10.6 Å². The number of esters is 1. The van der Waals surface area contributed by atoms with Crippen molar-refractivity contribution in [3.63, 3.8) is 0 Å². The fourth-order valence-electron chi connectivity index (χ4n) is 3.75. The van der Waals surface area contributed by atoms with Crippen molar-refractivity contribution in [2.45, 2.75) is 91.8 Å². The van der Waals surface area contributed by atoms with E-state index in [-0.39, 0.29) is 18.4 Å². The average Bonchev–Trinajstić information content (AvgIpc) is 3.00. The molecule has 3 amide bonds. The van der Waals surface area contributed by atoms with Gasteiger partial charge >= 0.3 is 12.1 Å². The molecule has 0 aromatic carbocycles. The molecule has 2 N–H and O–H groups in total. The molecule has 0 spiro atoms. The van der Waals surface area contributed by atoms with Crippen LogP contribution in [0, 0.1) is 5.41 Å². The van der Waals surface area contributed by atoms with Crippen molar-refractivity contribution in [1.29, 1.82) is 0 Å². The minimum Gasteiger partial charge on any atom is -0.465 e. The summed E-state index contributed by atoms with van der Waals surface area (Å²) in [5.41, 5.74) is -0.912. The van der Waals surface area contributed by atoms with Crippen molar-refractivity contribution in [3.8, 4) is 0 Å². The van der Waals surface area contributed by atoms with E-state index in [9.17, 15) is 19.2 Å². The van der Waals surface area contributed by atoms with Crippen molar-refractivity contribution in [2.75, 3.05) is 20.2 Å². The Morgan fingerprint density at radius 1 is 1.06 bits per heavy atom. The number of nitrogens with zero attached hydrogens (tertiary/aromatic N) is 1. The van der Waals surface area contributed by atoms with Gasteiger partial charge in [-0.05, 0) is 46.0 Å². The summed E-state index contributed by atoms with van der Waals surface area (Å²) in [7, 11) is 1.31. The lowest BCUT2D eigenvalue weighted by molar-refractivity contribution is -0.144. The lowest BCUT2D eigenvalue weighted by atomic mass is 9.85. The summed E-state index contributed by atoms with van der Waals surface area (Å²) in [5, 5.41) is 5.57. The lowest BCUT2D eigenvalue weighted by Gasteiger charge is -2.37. The smallest absolute Gasteiger partial charge is 0.408 e. The number of hydrogen-bond acceptors (Lipinski definition) is 6. The summed E-state index contributed by atoms with van der Waals surface area (Å²) in [4.78, 5) is 52.5. The Labute approximate surface area is 209 Å². The van der Waals surface area contributed by atoms with Gasteiger partial charge < -0.3 is 25.0 Å². The van der Waals surface area contributed by atoms with Crippen molar-refractivity contribution in [1.82, 2.24) is 15.5 Å². The lowest BCUT2D eigenvalue weighted by Crippen LogP contribution is -2.59. The number of carbonyl (C=O) groups excluding carboxylic acids is 4. The zero-order valence-electron chi connectivity index (χ0n) is 22.5. The van der Waals surface area contributed by atoms with Crippen molar-refractivity contribution < 1.29 is 28.7 Å². The summed E-state index contributed by atoms with van der Waals surface area (Å²) in [6.45, 7) is 13.2. The van der Waals surface area contributed by atoms with Gasteiger partial charge in [-0.15, -0.1) is 0 Å². The van der Waals surface area contributed by atoms with Crippen molar-refractivity contribution in [3.05, 3.63) is 23.8 Å². The molecule has 0 aromatic heterocycles. The molecule has 1 rings (SSSR count). The van der Waals surface area contributed by atoms with Crippen LogP contribution in [0.1, 0.15) is 74.1 Å². The van der Waals surface area contributed by atoms with Gasteiger partial charge in [-0.3, -0.25) is 9.59 Å². The van der Waals surface area contributed by atoms with Gasteiger partial charge in [-0.2, -0.15) is 0 Å². The third-order valence-corrected chi connectivity index (χ3v) is 5.54. The number of carbonyl (C=O) groups is 4. The number of hydrogen-bond donors (Lipinski definition) is 2. The molecule has 1 fully saturated rings. The van der Waals surface area contributed by atoms with Gasteiger partial charge in [0.1, 0.15) is 17.7 Å². The SMILES string of the molecule is C/C=C(\C=C/CNC(=O)C1CCCCCN1C(=O)C(NC(=O)OC(C)(C)C)C(C)(C)C)C(=O)OC. The molecular formula is C26H43N3O6. The van der Waals surface area contributed by atoms with E-state index >= 15 is 0 Å². The highest BCUT2D eigenvalue weighted by atomic mass is 16.6. The van der Waals surface area contributed by atoms with Crippen LogP contribution in [0.5, 0.6) is 0 Å². The maximum absolute atomic E-state index is 13.7. The molecule has 0 aliphatic carbocycles. The van der Waals surface area contributed by atoms with Gasteiger partial charge in [-0.1, -0.05) is 51.8 Å². The molecule has 9 nitrogen and oxygen atoms in total. The van der Waals surface area contributed by atoms with Crippen LogP contribution in [0.15, 0.2) is 23.8 Å². The van der Waals surface area contributed by atoms with E-state index in [1.54, 1.807) is 50.8 Å². The Morgan fingerprint density at radius 3 is 2.26 bits per heavy atom. The Hall–Kier alpha value is -2.84. The summed E-state index contributed by atoms with van der Waals surface area (Å²) < 4.78 is 10.1. The molecule has 0 radical (unpaired) electrons. The van der Waals surface area contributed by atoms with Crippen LogP contribution in [0.2, 0.25) is 0 Å². The van der Waals surface area contributed by atoms with E-state index in [1.807, 2.05) is 20.8 Å². The second kappa shape index (κ2) is 13.3. The van der Waals surface area contributed by atoms with Crippen LogP contribution < -0.4 is 10.6 Å². The van der Waals surface area contributed by atoms with Gasteiger partial charge in [0, 0.05) is 13.1 Å². The van der Waals surface area contributed by atoms with Gasteiger partial charge in [0.15, 0.2) is 0 Å². The van der Waals surface area contributed by atoms with Crippen LogP contribution >= 0.6 is 0 Å². The predicted octanol–water partition coefficient (Wildman–Crippen LogP) is 3.49. The van der Waals surface area contributed by atoms with Gasteiger partial charge in [0.25, 0.3) is 0 Å². The molecule has 2 atom stereocenters. The Kier molecular flexibility index (Phi) is 11.5. The minimum absolute atomic E-state index is 0.199. The monoisotopic (exact) mass is 493 g/mol. The van der Waals surface area contributed by atoms with Crippen molar-refractivity contribution in [2.24, 2.45) is 5.41 Å². The second-order valence-electron chi connectivity index (χ2n) is 10.7. The number of rotatable bonds is 7. The molecule has 198 valence electrons. The highest BCUT2D eigenvalue weighted by Gasteiger charge is 2.40. The number of nitrogens with one attached hydrogen (secondary N) is 2. The van der Waals surface area contributed by atoms with Crippen molar-refractivity contribution >= 4 is 23.9 Å². The number of methoxy groups -OCH3 is 1. The first kappa shape index (κ1) is 30.2. The standard InChI is InChI=1S/C26H43N3O6/c1-9-18(23(32)34-8)14-13-16-27-21(30)19-15-11-10-12-17-29(19)22(31)20(25(2,3)4)28-24(33)35-26(5,6)7/h9,13-14,19-20H,10-12,15-17H2,1-8H3,(H,27,30)(H,28,33)/b14-13-,18-9+. The maximum atomic E-state index is 13.7. The molecular weight excluding hydrogens is 450 g/mol. The fraction of sp³-hybridized carbons (Fsp3) is 0.692. The molecule has 1 aliphatic rings. The molecule has 2 unspecified atom stereocenters. The number of alkyl carbamates (subject to hydrolysis) is 1. The van der Waals surface area contributed by atoms with Crippen LogP contribution in [0.4, 0.5) is 4.79 Å². The van der Waals surface area contributed by atoms with Crippen LogP contribution in [-0.4, -0.2) is 66.7 Å². The molecule has 35 heavy (non-hydrogen) atoms. The molecule has 1 aliphatic heterocycles. The number of ether oxygens (including phenoxy) is 2. The minimum atomic E-state index is -0.858. The van der Waals surface area contributed by atoms with E-state index in [0.29, 0.717) is 18.5 Å². The third-order valence-electron chi connectivity index (χ3n) is 5.54. The molecule has 1 heterocycles. The zero-order valence-corrected chi connectivity index (χ0v) is 22.5. The average molecular weight is 494 g/mol.